The molecule has 5 rings (SSSR count). The molecule has 1 N–H and O–H groups in total. The van der Waals surface area contributed by atoms with Crippen molar-refractivity contribution in [2.45, 2.75) is 50.5 Å². The fraction of sp³-hybridized carbons (Fsp3) is 0.440. The van der Waals surface area contributed by atoms with Gasteiger partial charge in [-0.25, -0.2) is 14.4 Å². The highest BCUT2D eigenvalue weighted by molar-refractivity contribution is 5.75. The number of likely N-dealkylation sites (tertiary alicyclic amines) is 1. The first-order chi connectivity index (χ1) is 16.1. The smallest absolute Gasteiger partial charge is 0.227 e. The summed E-state index contributed by atoms with van der Waals surface area (Å²) >= 11 is 0. The lowest BCUT2D eigenvalue weighted by atomic mass is 9.98. The van der Waals surface area contributed by atoms with Gasteiger partial charge in [0.15, 0.2) is 0 Å². The largest absolute Gasteiger partial charge is 0.321 e. The summed E-state index contributed by atoms with van der Waals surface area (Å²) in [4.78, 5) is 22.4. The Balaban J connectivity index is 1.20. The van der Waals surface area contributed by atoms with E-state index in [0.29, 0.717) is 41.5 Å². The van der Waals surface area contributed by atoms with Crippen molar-refractivity contribution in [2.24, 2.45) is 0 Å². The molecule has 0 radical (unpaired) electrons. The highest BCUT2D eigenvalue weighted by atomic mass is 19.1. The number of rotatable bonds is 8. The third kappa shape index (κ3) is 5.11. The number of halogens is 1. The van der Waals surface area contributed by atoms with Crippen LogP contribution in [0.4, 0.5) is 16.0 Å². The van der Waals surface area contributed by atoms with Crippen LogP contribution in [-0.2, 0) is 12.8 Å². The van der Waals surface area contributed by atoms with Gasteiger partial charge in [0.05, 0.1) is 17.9 Å². The SMILES string of the molecule is CN1CCC(n2cc(Nc3ncc(CCc4cc(C=O)cc(C5CC5)c4F)cn3)cn2)CC1. The van der Waals surface area contributed by atoms with Gasteiger partial charge in [0.2, 0.25) is 5.95 Å². The molecule has 33 heavy (non-hydrogen) atoms. The van der Waals surface area contributed by atoms with Crippen LogP contribution in [0.1, 0.15) is 64.7 Å². The zero-order valence-electron chi connectivity index (χ0n) is 18.9. The van der Waals surface area contributed by atoms with Crippen molar-refractivity contribution in [3.8, 4) is 0 Å². The van der Waals surface area contributed by atoms with Crippen LogP contribution < -0.4 is 5.32 Å². The zero-order chi connectivity index (χ0) is 22.8. The summed E-state index contributed by atoms with van der Waals surface area (Å²) in [5, 5.41) is 7.72. The average molecular weight is 449 g/mol. The molecule has 1 aliphatic carbocycles. The van der Waals surface area contributed by atoms with Gasteiger partial charge < -0.3 is 10.2 Å². The van der Waals surface area contributed by atoms with Gasteiger partial charge in [0.1, 0.15) is 12.1 Å². The molecule has 3 aromatic rings. The molecular weight excluding hydrogens is 419 g/mol. The van der Waals surface area contributed by atoms with Crippen molar-refractivity contribution in [1.82, 2.24) is 24.6 Å². The third-order valence-electron chi connectivity index (χ3n) is 6.66. The van der Waals surface area contributed by atoms with E-state index < -0.39 is 0 Å². The summed E-state index contributed by atoms with van der Waals surface area (Å²) in [6.07, 6.45) is 13.4. The monoisotopic (exact) mass is 448 g/mol. The van der Waals surface area contributed by atoms with E-state index in [4.69, 9.17) is 0 Å². The standard InChI is InChI=1S/C25H29FN6O/c1-31-8-6-22(7-9-31)32-15-21(14-29-32)30-25-27-12-17(13-28-25)2-3-20-10-18(16-33)11-23(24(20)26)19-4-5-19/h10-16,19,22H,2-9H2,1H3,(H,27,28,30). The number of benzene rings is 1. The van der Waals surface area contributed by atoms with E-state index in [9.17, 15) is 9.18 Å². The number of carbonyl (C=O) groups is 1. The quantitative estimate of drug-likeness (QED) is 0.518. The molecule has 1 aliphatic heterocycles. The van der Waals surface area contributed by atoms with E-state index in [0.717, 1.165) is 56.3 Å². The van der Waals surface area contributed by atoms with Gasteiger partial charge in [-0.2, -0.15) is 5.10 Å². The van der Waals surface area contributed by atoms with Crippen molar-refractivity contribution in [3.05, 3.63) is 65.0 Å². The molecular formula is C25H29FN6O. The number of hydrogen-bond donors (Lipinski definition) is 1. The molecule has 7 nitrogen and oxygen atoms in total. The normalized spacial score (nSPS) is 17.3. The molecule has 3 heterocycles. The van der Waals surface area contributed by atoms with E-state index in [1.54, 1.807) is 30.7 Å². The molecule has 0 spiro atoms. The van der Waals surface area contributed by atoms with Crippen LogP contribution in [0.25, 0.3) is 0 Å². The van der Waals surface area contributed by atoms with E-state index >= 15 is 0 Å². The summed E-state index contributed by atoms with van der Waals surface area (Å²) < 4.78 is 16.9. The second kappa shape index (κ2) is 9.39. The minimum Gasteiger partial charge on any atom is -0.321 e. The number of carbonyl (C=O) groups excluding carboxylic acids is 1. The maximum absolute atomic E-state index is 14.9. The molecule has 8 heteroatoms. The summed E-state index contributed by atoms with van der Waals surface area (Å²) in [6.45, 7) is 2.17. The highest BCUT2D eigenvalue weighted by Crippen LogP contribution is 2.42. The lowest BCUT2D eigenvalue weighted by Gasteiger charge is -2.28. The van der Waals surface area contributed by atoms with Gasteiger partial charge in [0, 0.05) is 24.2 Å². The second-order valence-corrected chi connectivity index (χ2v) is 9.26. The van der Waals surface area contributed by atoms with Crippen LogP contribution in [0.15, 0.2) is 36.9 Å². The Morgan fingerprint density at radius 2 is 1.85 bits per heavy atom. The molecule has 2 aliphatic rings. The highest BCUT2D eigenvalue weighted by Gasteiger charge is 2.28. The van der Waals surface area contributed by atoms with Crippen LogP contribution in [-0.4, -0.2) is 51.1 Å². The number of hydrogen-bond acceptors (Lipinski definition) is 6. The summed E-state index contributed by atoms with van der Waals surface area (Å²) in [7, 11) is 2.15. The van der Waals surface area contributed by atoms with Crippen molar-refractivity contribution >= 4 is 17.9 Å². The number of aryl methyl sites for hydroxylation is 2. The molecule has 0 amide bonds. The van der Waals surface area contributed by atoms with Crippen LogP contribution in [0.2, 0.25) is 0 Å². The van der Waals surface area contributed by atoms with Gasteiger partial charge in [-0.05, 0) is 93.4 Å². The van der Waals surface area contributed by atoms with Crippen molar-refractivity contribution in [2.75, 3.05) is 25.5 Å². The van der Waals surface area contributed by atoms with Crippen LogP contribution in [0, 0.1) is 5.82 Å². The molecule has 2 aromatic heterocycles. The van der Waals surface area contributed by atoms with Crippen molar-refractivity contribution in [3.63, 3.8) is 0 Å². The number of piperidine rings is 1. The van der Waals surface area contributed by atoms with Crippen molar-refractivity contribution in [1.29, 1.82) is 0 Å². The maximum Gasteiger partial charge on any atom is 0.227 e. The molecule has 0 atom stereocenters. The Kier molecular flexibility index (Phi) is 6.17. The van der Waals surface area contributed by atoms with Gasteiger partial charge in [0.25, 0.3) is 0 Å². The Morgan fingerprint density at radius 1 is 1.09 bits per heavy atom. The molecule has 2 fully saturated rings. The molecule has 0 unspecified atom stereocenters. The van der Waals surface area contributed by atoms with Gasteiger partial charge >= 0.3 is 0 Å². The minimum atomic E-state index is -0.163. The number of aldehydes is 1. The lowest BCUT2D eigenvalue weighted by Crippen LogP contribution is -2.31. The Bertz CT molecular complexity index is 1120. The predicted octanol–water partition coefficient (Wildman–Crippen LogP) is 4.30. The summed E-state index contributed by atoms with van der Waals surface area (Å²) in [6, 6.07) is 3.79. The average Bonchev–Trinajstić information content (AvgIpc) is 3.58. The van der Waals surface area contributed by atoms with Gasteiger partial charge in [-0.15, -0.1) is 0 Å². The first kappa shape index (κ1) is 21.7. The van der Waals surface area contributed by atoms with Crippen LogP contribution >= 0.6 is 0 Å². The second-order valence-electron chi connectivity index (χ2n) is 9.26. The molecule has 0 bridgehead atoms. The maximum atomic E-state index is 14.9. The Labute approximate surface area is 193 Å². The van der Waals surface area contributed by atoms with E-state index in [1.165, 1.54) is 0 Å². The topological polar surface area (TPSA) is 75.9 Å². The fourth-order valence-electron chi connectivity index (χ4n) is 4.49. The van der Waals surface area contributed by atoms with Crippen LogP contribution in [0.5, 0.6) is 0 Å². The first-order valence-corrected chi connectivity index (χ1v) is 11.7. The van der Waals surface area contributed by atoms with E-state index in [-0.39, 0.29) is 11.7 Å². The van der Waals surface area contributed by atoms with Gasteiger partial charge in [-0.1, -0.05) is 0 Å². The molecule has 1 saturated carbocycles. The fourth-order valence-corrected chi connectivity index (χ4v) is 4.49. The van der Waals surface area contributed by atoms with Gasteiger partial charge in [-0.3, -0.25) is 9.48 Å². The molecule has 1 aromatic carbocycles. The Morgan fingerprint density at radius 3 is 2.55 bits per heavy atom. The minimum absolute atomic E-state index is 0.163. The predicted molar refractivity (Wildman–Crippen MR) is 124 cm³/mol. The number of nitrogens with zero attached hydrogens (tertiary/aromatic N) is 5. The first-order valence-electron chi connectivity index (χ1n) is 11.7. The van der Waals surface area contributed by atoms with Crippen LogP contribution in [0.3, 0.4) is 0 Å². The Hall–Kier alpha value is -3.13. The molecule has 1 saturated heterocycles. The zero-order valence-corrected chi connectivity index (χ0v) is 18.9. The number of aromatic nitrogens is 4. The van der Waals surface area contributed by atoms with E-state index in [2.05, 4.69) is 32.3 Å². The number of nitrogens with one attached hydrogen (secondary N) is 1. The summed E-state index contributed by atoms with van der Waals surface area (Å²) in [5.41, 5.74) is 3.61. The summed E-state index contributed by atoms with van der Waals surface area (Å²) in [5.74, 6) is 0.608. The number of anilines is 2. The van der Waals surface area contributed by atoms with Crippen molar-refractivity contribution < 1.29 is 9.18 Å². The third-order valence-corrected chi connectivity index (χ3v) is 6.66. The molecule has 172 valence electrons. The lowest BCUT2D eigenvalue weighted by molar-refractivity contribution is 0.112. The van der Waals surface area contributed by atoms with E-state index in [1.807, 2.05) is 10.9 Å².